The SMILES string of the molecule is Cc1cc(C2CCCC2)cc(-c2c3ccc(C(C(C)C)C(C)C)cc3cc(C)[n+]2C)c1C. The number of rotatable bonds is 5. The maximum Gasteiger partial charge on any atom is 0.220 e. The molecule has 1 heteroatoms. The lowest BCUT2D eigenvalue weighted by Crippen LogP contribution is -2.35. The minimum atomic E-state index is 0.590. The lowest BCUT2D eigenvalue weighted by atomic mass is 9.79. The van der Waals surface area contributed by atoms with Gasteiger partial charge < -0.3 is 0 Å². The molecule has 3 aromatic rings. The summed E-state index contributed by atoms with van der Waals surface area (Å²) in [7, 11) is 2.24. The smallest absolute Gasteiger partial charge is 0.198 e. The minimum Gasteiger partial charge on any atom is -0.198 e. The molecular weight excluding hydrogens is 386 g/mol. The van der Waals surface area contributed by atoms with Crippen molar-refractivity contribution in [1.29, 1.82) is 0 Å². The maximum absolute atomic E-state index is 2.52. The first-order chi connectivity index (χ1) is 15.2. The van der Waals surface area contributed by atoms with Crippen LogP contribution in [-0.4, -0.2) is 0 Å². The normalized spacial score (nSPS) is 15.1. The first-order valence-corrected chi connectivity index (χ1v) is 12.7. The standard InChI is InChI=1S/C31H42N/c1-19(2)30(20(3)4)25-13-14-28-27(17-25)16-22(6)32(8)31(28)29-18-26(15-21(5)23(29)7)24-11-9-10-12-24/h13-20,24,30H,9-12H2,1-8H3/q+1. The Morgan fingerprint density at radius 3 is 2.12 bits per heavy atom. The number of hydrogen-bond donors (Lipinski definition) is 0. The molecule has 2 aromatic carbocycles. The summed E-state index contributed by atoms with van der Waals surface area (Å²) in [5.74, 6) is 2.60. The quantitative estimate of drug-likeness (QED) is 0.360. The van der Waals surface area contributed by atoms with Crippen molar-refractivity contribution in [2.24, 2.45) is 18.9 Å². The molecule has 1 aromatic heterocycles. The predicted octanol–water partition coefficient (Wildman–Crippen LogP) is 8.31. The zero-order valence-electron chi connectivity index (χ0n) is 21.5. The van der Waals surface area contributed by atoms with E-state index in [1.807, 2.05) is 0 Å². The monoisotopic (exact) mass is 428 g/mol. The molecular formula is C31H42N+. The Morgan fingerprint density at radius 2 is 1.50 bits per heavy atom. The van der Waals surface area contributed by atoms with Gasteiger partial charge >= 0.3 is 0 Å². The summed E-state index contributed by atoms with van der Waals surface area (Å²) in [5, 5.41) is 2.75. The Balaban J connectivity index is 1.94. The van der Waals surface area contributed by atoms with Gasteiger partial charge in [0.2, 0.25) is 5.69 Å². The fraction of sp³-hybridized carbons (Fsp3) is 0.516. The molecule has 1 saturated carbocycles. The van der Waals surface area contributed by atoms with Crippen LogP contribution in [0.5, 0.6) is 0 Å². The number of fused-ring (bicyclic) bond motifs is 1. The van der Waals surface area contributed by atoms with Gasteiger partial charge in [0.15, 0.2) is 5.69 Å². The lowest BCUT2D eigenvalue weighted by Gasteiger charge is -2.26. The van der Waals surface area contributed by atoms with Gasteiger partial charge in [0.25, 0.3) is 0 Å². The molecule has 0 bridgehead atoms. The van der Waals surface area contributed by atoms with E-state index in [1.54, 1.807) is 5.56 Å². The fourth-order valence-corrected chi connectivity index (χ4v) is 6.30. The molecule has 170 valence electrons. The second-order valence-electron chi connectivity index (χ2n) is 11.0. The van der Waals surface area contributed by atoms with Crippen molar-refractivity contribution >= 4 is 10.8 Å². The van der Waals surface area contributed by atoms with Gasteiger partial charge in [0, 0.05) is 13.0 Å². The molecule has 0 amide bonds. The van der Waals surface area contributed by atoms with Crippen molar-refractivity contribution < 1.29 is 4.57 Å². The number of hydrogen-bond acceptors (Lipinski definition) is 0. The predicted molar refractivity (Wildman–Crippen MR) is 138 cm³/mol. The van der Waals surface area contributed by atoms with Crippen molar-refractivity contribution in [3.05, 3.63) is 64.3 Å². The Labute approximate surface area is 195 Å². The molecule has 0 radical (unpaired) electrons. The third kappa shape index (κ3) is 4.12. The Morgan fingerprint density at radius 1 is 0.844 bits per heavy atom. The average molecular weight is 429 g/mol. The van der Waals surface area contributed by atoms with E-state index < -0.39 is 0 Å². The van der Waals surface area contributed by atoms with Crippen LogP contribution in [0.25, 0.3) is 22.0 Å². The number of benzene rings is 2. The van der Waals surface area contributed by atoms with Gasteiger partial charge in [0.1, 0.15) is 7.05 Å². The van der Waals surface area contributed by atoms with Crippen LogP contribution in [0.1, 0.15) is 93.2 Å². The first kappa shape index (κ1) is 23.0. The van der Waals surface area contributed by atoms with Gasteiger partial charge in [-0.05, 0) is 90.1 Å². The summed E-state index contributed by atoms with van der Waals surface area (Å²) in [5.41, 5.74) is 9.98. The molecule has 1 fully saturated rings. The van der Waals surface area contributed by atoms with E-state index in [0.717, 1.165) is 5.92 Å². The van der Waals surface area contributed by atoms with Crippen LogP contribution in [0.3, 0.4) is 0 Å². The first-order valence-electron chi connectivity index (χ1n) is 12.7. The Hall–Kier alpha value is -2.15. The number of pyridine rings is 1. The van der Waals surface area contributed by atoms with Crippen LogP contribution in [0, 0.1) is 32.6 Å². The molecule has 1 nitrogen and oxygen atoms in total. The highest BCUT2D eigenvalue weighted by molar-refractivity contribution is 5.94. The van der Waals surface area contributed by atoms with Crippen molar-refractivity contribution in [2.45, 2.75) is 86.0 Å². The largest absolute Gasteiger partial charge is 0.220 e. The molecule has 1 aliphatic carbocycles. The van der Waals surface area contributed by atoms with Crippen LogP contribution in [0.4, 0.5) is 0 Å². The highest BCUT2D eigenvalue weighted by atomic mass is 14.9. The van der Waals surface area contributed by atoms with Crippen LogP contribution in [0.15, 0.2) is 36.4 Å². The van der Waals surface area contributed by atoms with Crippen LogP contribution in [0.2, 0.25) is 0 Å². The molecule has 0 atom stereocenters. The molecule has 1 heterocycles. The van der Waals surface area contributed by atoms with Gasteiger partial charge in [-0.3, -0.25) is 0 Å². The van der Waals surface area contributed by atoms with Crippen molar-refractivity contribution in [3.63, 3.8) is 0 Å². The van der Waals surface area contributed by atoms with E-state index in [-0.39, 0.29) is 0 Å². The van der Waals surface area contributed by atoms with E-state index >= 15 is 0 Å². The van der Waals surface area contributed by atoms with Gasteiger partial charge in [-0.2, -0.15) is 4.57 Å². The number of aryl methyl sites for hydroxylation is 2. The molecule has 0 aliphatic heterocycles. The summed E-state index contributed by atoms with van der Waals surface area (Å²) in [6, 6.07) is 14.6. The molecule has 1 aliphatic rings. The van der Waals surface area contributed by atoms with Crippen LogP contribution < -0.4 is 4.57 Å². The molecule has 0 N–H and O–H groups in total. The van der Waals surface area contributed by atoms with Crippen LogP contribution in [-0.2, 0) is 7.05 Å². The fourth-order valence-electron chi connectivity index (χ4n) is 6.30. The van der Waals surface area contributed by atoms with E-state index in [2.05, 4.69) is 96.5 Å². The summed E-state index contributed by atoms with van der Waals surface area (Å²) >= 11 is 0. The van der Waals surface area contributed by atoms with Crippen LogP contribution >= 0.6 is 0 Å². The summed E-state index contributed by atoms with van der Waals surface area (Å²) in [4.78, 5) is 0. The molecule has 0 unspecified atom stereocenters. The maximum atomic E-state index is 2.52. The Kier molecular flexibility index (Phi) is 6.48. The third-order valence-corrected chi connectivity index (χ3v) is 8.15. The minimum absolute atomic E-state index is 0.590. The molecule has 0 saturated heterocycles. The summed E-state index contributed by atoms with van der Waals surface area (Å²) < 4.78 is 2.41. The van der Waals surface area contributed by atoms with Crippen molar-refractivity contribution in [1.82, 2.24) is 0 Å². The van der Waals surface area contributed by atoms with E-state index in [9.17, 15) is 0 Å². The molecule has 4 rings (SSSR count). The van der Waals surface area contributed by atoms with E-state index in [0.29, 0.717) is 17.8 Å². The van der Waals surface area contributed by atoms with Gasteiger partial charge in [-0.1, -0.05) is 58.7 Å². The third-order valence-electron chi connectivity index (χ3n) is 8.15. The van der Waals surface area contributed by atoms with E-state index in [4.69, 9.17) is 0 Å². The topological polar surface area (TPSA) is 3.88 Å². The van der Waals surface area contributed by atoms with Gasteiger partial charge in [0.05, 0.1) is 10.9 Å². The zero-order chi connectivity index (χ0) is 23.2. The second kappa shape index (κ2) is 9.00. The number of aromatic nitrogens is 1. The van der Waals surface area contributed by atoms with E-state index in [1.165, 1.54) is 70.1 Å². The number of nitrogens with zero attached hydrogens (tertiary/aromatic N) is 1. The van der Waals surface area contributed by atoms with Gasteiger partial charge in [-0.25, -0.2) is 0 Å². The average Bonchev–Trinajstić information content (AvgIpc) is 3.26. The second-order valence-corrected chi connectivity index (χ2v) is 11.0. The molecule has 32 heavy (non-hydrogen) atoms. The highest BCUT2D eigenvalue weighted by Gasteiger charge is 2.26. The molecule has 0 spiro atoms. The Bertz CT molecular complexity index is 1120. The zero-order valence-corrected chi connectivity index (χ0v) is 21.5. The van der Waals surface area contributed by atoms with Gasteiger partial charge in [-0.15, -0.1) is 0 Å². The van der Waals surface area contributed by atoms with Crippen molar-refractivity contribution in [2.75, 3.05) is 0 Å². The highest BCUT2D eigenvalue weighted by Crippen LogP contribution is 2.40. The summed E-state index contributed by atoms with van der Waals surface area (Å²) in [6.45, 7) is 16.3. The summed E-state index contributed by atoms with van der Waals surface area (Å²) in [6.07, 6.45) is 5.45. The lowest BCUT2D eigenvalue weighted by molar-refractivity contribution is -0.665. The van der Waals surface area contributed by atoms with Crippen molar-refractivity contribution in [3.8, 4) is 11.3 Å².